The van der Waals surface area contributed by atoms with Crippen molar-refractivity contribution in [3.05, 3.63) is 0 Å². The molecule has 0 aromatic carbocycles. The Kier molecular flexibility index (Phi) is 61.6. The van der Waals surface area contributed by atoms with E-state index in [9.17, 15) is 28.8 Å². The normalized spacial score (nSPS) is 12.7. The van der Waals surface area contributed by atoms with E-state index in [0.29, 0.717) is 56.0 Å². The molecule has 0 aliphatic heterocycles. The fourth-order valence-corrected chi connectivity index (χ4v) is 6.48. The van der Waals surface area contributed by atoms with E-state index in [1.807, 2.05) is 152 Å². The number of ether oxygens (including phenoxy) is 7. The number of carbonyl (C=O) groups excluding carboxylic acids is 6. The van der Waals surface area contributed by atoms with Gasteiger partial charge in [0.25, 0.3) is 0 Å². The van der Waals surface area contributed by atoms with Crippen LogP contribution < -0.4 is 26.6 Å². The molecule has 0 rings (SSSR count). The molecule has 6 N–H and O–H groups in total. The highest BCUT2D eigenvalue weighted by atomic mass is 32.2. The van der Waals surface area contributed by atoms with Crippen LogP contribution in [0.1, 0.15) is 234 Å². The molecule has 0 aromatic rings. The molecule has 1 amide bonds. The smallest absolute Gasteiger partial charge is 0.408 e. The van der Waals surface area contributed by atoms with Gasteiger partial charge in [-0.1, -0.05) is 102 Å². The van der Waals surface area contributed by atoms with Crippen molar-refractivity contribution in [1.29, 1.82) is 0 Å². The first-order valence-electron chi connectivity index (χ1n) is 29.9. The Bertz CT molecular complexity index is 1520. The second-order valence-electron chi connectivity index (χ2n) is 25.0. The predicted molar refractivity (Wildman–Crippen MR) is 340 cm³/mol. The molecular weight excluding hydrogens is 1070 g/mol. The van der Waals surface area contributed by atoms with Crippen LogP contribution in [0.5, 0.6) is 0 Å². The first kappa shape index (κ1) is 92.6. The molecule has 0 radical (unpaired) electrons. The number of methoxy groups -OCH3 is 1. The largest absolute Gasteiger partial charge is 0.467 e. The molecule has 0 saturated heterocycles. The topological polar surface area (TPSA) is 247 Å². The van der Waals surface area contributed by atoms with Gasteiger partial charge in [0.1, 0.15) is 30.3 Å². The summed E-state index contributed by atoms with van der Waals surface area (Å²) in [5.41, 5.74) is -0.825. The Morgan fingerprint density at radius 1 is 0.524 bits per heavy atom. The summed E-state index contributed by atoms with van der Waals surface area (Å²) < 4.78 is 35.5. The number of unbranched alkanes of at least 4 members (excludes halogenated alkanes) is 1. The zero-order valence-electron chi connectivity index (χ0n) is 58.3. The van der Waals surface area contributed by atoms with Crippen molar-refractivity contribution in [2.75, 3.05) is 32.6 Å². The standard InChI is InChI=1S/C15H30N2O4.C10H21NO2.C10H20O2S.2C9H19NO2.C6H14O.C3H8O/c1-11(2)16-10-8-7-9-12(13(18)20-6)17-14(19)21-15(3,4)5;1-7(2)10(12)13-6-9(5)11-8(3)4;1-8(2)12-6-7-13-9(11)10(3,4)5;2*1-6(2)10-8(5)9(11)12-7(3)4;1-5(2)7-6(3)4;1-3(2)4/h11-12,16H,7-10H2,1-6H3,(H,17,19);7-9,11H,6H2,1-5H3;8H,6-7H2,1-5H3;2*6-8,10H,1-5H3;5-6H,1-4H3;3-4H,1-2H3/t12-;9-;;2*8-;;/m01.10../s1. The fourth-order valence-electron chi connectivity index (χ4n) is 5.68. The molecule has 82 heavy (non-hydrogen) atoms. The number of nitrogens with one attached hydrogen (secondary N) is 5. The van der Waals surface area contributed by atoms with Crippen LogP contribution in [-0.4, -0.2) is 163 Å². The van der Waals surface area contributed by atoms with E-state index in [1.165, 1.54) is 18.9 Å². The van der Waals surface area contributed by atoms with Crippen LogP contribution in [0.25, 0.3) is 0 Å². The average Bonchev–Trinajstić information content (AvgIpc) is 3.27. The lowest BCUT2D eigenvalue weighted by molar-refractivity contribution is -0.150. The molecule has 0 saturated carbocycles. The van der Waals surface area contributed by atoms with Crippen molar-refractivity contribution in [1.82, 2.24) is 26.6 Å². The van der Waals surface area contributed by atoms with Gasteiger partial charge in [0, 0.05) is 47.5 Å². The van der Waals surface area contributed by atoms with Crippen molar-refractivity contribution >= 4 is 46.8 Å². The molecule has 0 heterocycles. The lowest BCUT2D eigenvalue weighted by Crippen LogP contribution is -2.44. The van der Waals surface area contributed by atoms with E-state index in [0.717, 1.165) is 25.1 Å². The number of aliphatic hydroxyl groups is 1. The third-order valence-electron chi connectivity index (χ3n) is 8.72. The number of hydrogen-bond acceptors (Lipinski definition) is 19. The van der Waals surface area contributed by atoms with E-state index >= 15 is 0 Å². The molecule has 0 bridgehead atoms. The number of rotatable bonds is 27. The van der Waals surface area contributed by atoms with E-state index in [2.05, 4.69) is 54.3 Å². The van der Waals surface area contributed by atoms with Crippen LogP contribution in [0.4, 0.5) is 4.79 Å². The molecule has 19 nitrogen and oxygen atoms in total. The summed E-state index contributed by atoms with van der Waals surface area (Å²) in [7, 11) is 1.31. The Labute approximate surface area is 506 Å². The van der Waals surface area contributed by atoms with E-state index in [1.54, 1.807) is 34.6 Å². The first-order valence-corrected chi connectivity index (χ1v) is 30.9. The maximum Gasteiger partial charge on any atom is 0.408 e. The van der Waals surface area contributed by atoms with Crippen molar-refractivity contribution in [2.24, 2.45) is 11.3 Å². The van der Waals surface area contributed by atoms with Gasteiger partial charge in [0.2, 0.25) is 0 Å². The van der Waals surface area contributed by atoms with Crippen molar-refractivity contribution < 1.29 is 67.0 Å². The van der Waals surface area contributed by atoms with Crippen LogP contribution in [0, 0.1) is 11.3 Å². The summed E-state index contributed by atoms with van der Waals surface area (Å²) >= 11 is 1.36. The molecule has 0 aliphatic rings. The molecule has 0 unspecified atom stereocenters. The molecule has 0 spiro atoms. The number of alkyl carbamates (subject to hydrolysis) is 1. The van der Waals surface area contributed by atoms with Crippen LogP contribution in [-0.2, 0) is 57.1 Å². The molecule has 4 atom stereocenters. The van der Waals surface area contributed by atoms with Gasteiger partial charge in [-0.25, -0.2) is 9.59 Å². The molecule has 20 heteroatoms. The summed E-state index contributed by atoms with van der Waals surface area (Å²) in [4.78, 5) is 68.3. The van der Waals surface area contributed by atoms with Crippen molar-refractivity contribution in [3.8, 4) is 0 Å². The highest BCUT2D eigenvalue weighted by Crippen LogP contribution is 2.22. The van der Waals surface area contributed by atoms with Gasteiger partial charge in [-0.2, -0.15) is 0 Å². The number of esters is 4. The van der Waals surface area contributed by atoms with Gasteiger partial charge < -0.3 is 64.8 Å². The highest BCUT2D eigenvalue weighted by molar-refractivity contribution is 8.13. The Hall–Kier alpha value is -3.11. The Morgan fingerprint density at radius 2 is 0.939 bits per heavy atom. The number of aliphatic hydroxyl groups excluding tert-OH is 1. The predicted octanol–water partition coefficient (Wildman–Crippen LogP) is 11.4. The zero-order chi connectivity index (χ0) is 66.3. The zero-order valence-corrected chi connectivity index (χ0v) is 59.1. The van der Waals surface area contributed by atoms with Crippen LogP contribution in [0.2, 0.25) is 0 Å². The average molecular weight is 1200 g/mol. The molecule has 0 fully saturated rings. The second-order valence-corrected chi connectivity index (χ2v) is 26.1. The molecule has 494 valence electrons. The lowest BCUT2D eigenvalue weighted by Gasteiger charge is -2.22. The fraction of sp³-hybridized carbons (Fsp3) is 0.903. The van der Waals surface area contributed by atoms with Crippen LogP contribution in [0.3, 0.4) is 0 Å². The molecule has 0 aromatic heterocycles. The highest BCUT2D eigenvalue weighted by Gasteiger charge is 2.25. The minimum Gasteiger partial charge on any atom is -0.467 e. The minimum atomic E-state index is -0.663. The molecular formula is C62H131N5O14S. The van der Waals surface area contributed by atoms with Gasteiger partial charge in [0.05, 0.1) is 50.2 Å². The summed E-state index contributed by atoms with van der Waals surface area (Å²) in [5, 5.41) is 23.6. The Morgan fingerprint density at radius 3 is 1.23 bits per heavy atom. The second kappa shape index (κ2) is 54.5. The van der Waals surface area contributed by atoms with Gasteiger partial charge in [-0.05, 0) is 150 Å². The summed E-state index contributed by atoms with van der Waals surface area (Å²) in [5.74, 6) is -0.215. The number of carbonyl (C=O) groups is 6. The quantitative estimate of drug-likeness (QED) is 0.0254. The summed E-state index contributed by atoms with van der Waals surface area (Å²) in [6.07, 6.45) is 2.45. The third-order valence-corrected chi connectivity index (χ3v) is 9.96. The van der Waals surface area contributed by atoms with Gasteiger partial charge in [-0.15, -0.1) is 0 Å². The Balaban J connectivity index is -0.000000166. The number of amides is 1. The maximum absolute atomic E-state index is 11.7. The van der Waals surface area contributed by atoms with E-state index < -0.39 is 23.7 Å². The first-order chi connectivity index (χ1) is 37.1. The van der Waals surface area contributed by atoms with Crippen LogP contribution >= 0.6 is 11.8 Å². The van der Waals surface area contributed by atoms with Crippen LogP contribution in [0.15, 0.2) is 0 Å². The number of thioether (sulfide) groups is 1. The van der Waals surface area contributed by atoms with Crippen molar-refractivity contribution in [2.45, 2.75) is 324 Å². The SMILES string of the molecule is CC(C)N[C@@H](C)C(=O)OC(C)C.CC(C)N[C@H](C)C(=O)OC(C)C.CC(C)N[C@H](C)COC(=O)C(C)C.CC(C)O.CC(C)OC(C)C.CC(C)OCCSC(=O)C(C)(C)C.COC(=O)[C@H](CCCCNC(C)C)NC(=O)OC(C)(C)C. The molecule has 0 aliphatic carbocycles. The summed E-state index contributed by atoms with van der Waals surface area (Å²) in [6, 6.07) is 0.611. The van der Waals surface area contributed by atoms with Crippen molar-refractivity contribution in [3.63, 3.8) is 0 Å². The third kappa shape index (κ3) is 81.1. The van der Waals surface area contributed by atoms with E-state index in [4.69, 9.17) is 38.3 Å². The van der Waals surface area contributed by atoms with Gasteiger partial charge in [-0.3, -0.25) is 19.2 Å². The maximum atomic E-state index is 11.7. The lowest BCUT2D eigenvalue weighted by atomic mass is 10.00. The number of hydrogen-bond donors (Lipinski definition) is 6. The monoisotopic (exact) mass is 1200 g/mol. The van der Waals surface area contributed by atoms with E-state index in [-0.39, 0.29) is 76.9 Å². The van der Waals surface area contributed by atoms with Gasteiger partial charge in [0.15, 0.2) is 5.12 Å². The van der Waals surface area contributed by atoms with Gasteiger partial charge >= 0.3 is 30.0 Å². The summed E-state index contributed by atoms with van der Waals surface area (Å²) in [6.45, 7) is 61.7. The minimum absolute atomic E-state index is 0.0334.